The maximum atomic E-state index is 12.0. The van der Waals surface area contributed by atoms with Crippen molar-refractivity contribution < 1.29 is 13.2 Å². The first-order valence-electron chi connectivity index (χ1n) is 6.07. The highest BCUT2D eigenvalue weighted by molar-refractivity contribution is 7.90. The number of carbonyl (C=O) groups excluding carboxylic acids is 1. The Bertz CT molecular complexity index is 791. The van der Waals surface area contributed by atoms with Crippen LogP contribution in [0.5, 0.6) is 0 Å². The maximum absolute atomic E-state index is 12.0. The normalized spacial score (nSPS) is 10.8. The molecule has 114 valence electrons. The minimum absolute atomic E-state index is 0.0716. The number of rotatable bonds is 3. The summed E-state index contributed by atoms with van der Waals surface area (Å²) >= 11 is 10.7. The zero-order valence-electron chi connectivity index (χ0n) is 11.1. The SMILES string of the molecule is O=C(NC(=S)c1ccccc1)NS(=O)(=O)c1ccc(Cl)cc1. The van der Waals surface area contributed by atoms with Crippen LogP contribution in [0.25, 0.3) is 0 Å². The predicted molar refractivity (Wildman–Crippen MR) is 88.4 cm³/mol. The Morgan fingerprint density at radius 1 is 1.00 bits per heavy atom. The van der Waals surface area contributed by atoms with Crippen LogP contribution >= 0.6 is 23.8 Å². The number of hydrogen-bond acceptors (Lipinski definition) is 4. The lowest BCUT2D eigenvalue weighted by molar-refractivity contribution is 0.250. The Balaban J connectivity index is 2.05. The van der Waals surface area contributed by atoms with Gasteiger partial charge in [-0.25, -0.2) is 17.9 Å². The molecule has 0 heterocycles. The summed E-state index contributed by atoms with van der Waals surface area (Å²) < 4.78 is 25.9. The van der Waals surface area contributed by atoms with Gasteiger partial charge in [0.05, 0.1) is 4.90 Å². The number of thiocarbonyl (C=S) groups is 1. The number of nitrogens with one attached hydrogen (secondary N) is 2. The minimum atomic E-state index is -3.98. The Morgan fingerprint density at radius 3 is 2.18 bits per heavy atom. The van der Waals surface area contributed by atoms with Gasteiger partial charge in [-0.2, -0.15) is 0 Å². The van der Waals surface area contributed by atoms with E-state index in [1.165, 1.54) is 24.3 Å². The van der Waals surface area contributed by atoms with Crippen LogP contribution in [-0.4, -0.2) is 19.4 Å². The Labute approximate surface area is 138 Å². The molecule has 2 aromatic rings. The van der Waals surface area contributed by atoms with Crippen LogP contribution < -0.4 is 10.0 Å². The molecule has 2 amide bonds. The van der Waals surface area contributed by atoms with E-state index in [1.54, 1.807) is 30.3 Å². The molecule has 0 aliphatic rings. The maximum Gasteiger partial charge on any atom is 0.333 e. The number of sulfonamides is 1. The van der Waals surface area contributed by atoms with Crippen molar-refractivity contribution in [3.05, 3.63) is 65.2 Å². The van der Waals surface area contributed by atoms with Crippen LogP contribution in [0.1, 0.15) is 5.56 Å². The summed E-state index contributed by atoms with van der Waals surface area (Å²) in [5.74, 6) is 0. The molecule has 0 bridgehead atoms. The molecule has 5 nitrogen and oxygen atoms in total. The van der Waals surface area contributed by atoms with Crippen LogP contribution in [0.3, 0.4) is 0 Å². The second-order valence-corrected chi connectivity index (χ2v) is 6.74. The molecule has 0 radical (unpaired) electrons. The lowest BCUT2D eigenvalue weighted by atomic mass is 10.2. The molecular weight excluding hydrogens is 344 g/mol. The minimum Gasteiger partial charge on any atom is -0.297 e. The molecule has 0 aromatic heterocycles. The van der Waals surface area contributed by atoms with Gasteiger partial charge < -0.3 is 0 Å². The van der Waals surface area contributed by atoms with Gasteiger partial charge in [0.25, 0.3) is 10.0 Å². The summed E-state index contributed by atoms with van der Waals surface area (Å²) in [6.07, 6.45) is 0. The van der Waals surface area contributed by atoms with E-state index in [0.29, 0.717) is 10.6 Å². The number of amides is 2. The Morgan fingerprint density at radius 2 is 1.59 bits per heavy atom. The highest BCUT2D eigenvalue weighted by Crippen LogP contribution is 2.13. The fourth-order valence-electron chi connectivity index (χ4n) is 1.59. The van der Waals surface area contributed by atoms with Crippen molar-refractivity contribution in [2.24, 2.45) is 0 Å². The van der Waals surface area contributed by atoms with Crippen molar-refractivity contribution in [2.75, 3.05) is 0 Å². The van der Waals surface area contributed by atoms with Gasteiger partial charge in [0.15, 0.2) is 0 Å². The van der Waals surface area contributed by atoms with Crippen LogP contribution in [0.4, 0.5) is 4.79 Å². The first-order chi connectivity index (χ1) is 10.4. The molecule has 0 saturated carbocycles. The second kappa shape index (κ2) is 6.87. The van der Waals surface area contributed by atoms with E-state index in [9.17, 15) is 13.2 Å². The molecule has 0 spiro atoms. The molecule has 0 unspecified atom stereocenters. The Kier molecular flexibility index (Phi) is 5.12. The lowest BCUT2D eigenvalue weighted by Crippen LogP contribution is -2.42. The lowest BCUT2D eigenvalue weighted by Gasteiger charge is -2.09. The standard InChI is InChI=1S/C14H11ClN2O3S2/c15-11-6-8-12(9-7-11)22(19,20)17-14(18)16-13(21)10-4-2-1-3-5-10/h1-9H,(H2,16,17,18,21). The van der Waals surface area contributed by atoms with E-state index in [4.69, 9.17) is 23.8 Å². The van der Waals surface area contributed by atoms with Crippen molar-refractivity contribution in [2.45, 2.75) is 4.90 Å². The first kappa shape index (κ1) is 16.4. The molecule has 2 aromatic carbocycles. The van der Waals surface area contributed by atoms with Crippen molar-refractivity contribution in [3.8, 4) is 0 Å². The molecule has 0 saturated heterocycles. The van der Waals surface area contributed by atoms with Crippen molar-refractivity contribution in [1.29, 1.82) is 0 Å². The molecule has 0 fully saturated rings. The average molecular weight is 355 g/mol. The number of carbonyl (C=O) groups is 1. The van der Waals surface area contributed by atoms with E-state index >= 15 is 0 Å². The summed E-state index contributed by atoms with van der Waals surface area (Å²) in [6.45, 7) is 0. The summed E-state index contributed by atoms with van der Waals surface area (Å²) in [4.78, 5) is 11.8. The topological polar surface area (TPSA) is 75.3 Å². The highest BCUT2D eigenvalue weighted by atomic mass is 35.5. The van der Waals surface area contributed by atoms with Gasteiger partial charge in [0.1, 0.15) is 4.99 Å². The first-order valence-corrected chi connectivity index (χ1v) is 8.34. The largest absolute Gasteiger partial charge is 0.333 e. The van der Waals surface area contributed by atoms with Crippen LogP contribution in [0.2, 0.25) is 5.02 Å². The monoisotopic (exact) mass is 354 g/mol. The van der Waals surface area contributed by atoms with Gasteiger partial charge in [-0.05, 0) is 24.3 Å². The summed E-state index contributed by atoms with van der Waals surface area (Å²) in [5, 5.41) is 2.71. The fraction of sp³-hybridized carbons (Fsp3) is 0. The van der Waals surface area contributed by atoms with E-state index in [0.717, 1.165) is 0 Å². The molecular formula is C14H11ClN2O3S2. The summed E-state index contributed by atoms with van der Waals surface area (Å²) in [5.41, 5.74) is 0.608. The third-order valence-electron chi connectivity index (χ3n) is 2.61. The molecule has 0 aliphatic carbocycles. The second-order valence-electron chi connectivity index (χ2n) is 4.21. The Hall–Kier alpha value is -1.96. The highest BCUT2D eigenvalue weighted by Gasteiger charge is 2.18. The predicted octanol–water partition coefficient (Wildman–Crippen LogP) is 2.70. The fourth-order valence-corrected chi connectivity index (χ4v) is 2.85. The summed E-state index contributed by atoms with van der Waals surface area (Å²) in [7, 11) is -3.98. The molecule has 0 aliphatic heterocycles. The van der Waals surface area contributed by atoms with Crippen LogP contribution in [0, 0.1) is 0 Å². The molecule has 2 N–H and O–H groups in total. The van der Waals surface area contributed by atoms with Crippen molar-refractivity contribution in [3.63, 3.8) is 0 Å². The average Bonchev–Trinajstić information content (AvgIpc) is 2.48. The number of urea groups is 1. The van der Waals surface area contributed by atoms with E-state index in [2.05, 4.69) is 5.32 Å². The van der Waals surface area contributed by atoms with E-state index < -0.39 is 16.1 Å². The van der Waals surface area contributed by atoms with Crippen molar-refractivity contribution >= 4 is 44.9 Å². The zero-order chi connectivity index (χ0) is 16.2. The van der Waals surface area contributed by atoms with Crippen LogP contribution in [0.15, 0.2) is 59.5 Å². The number of hydrogen-bond donors (Lipinski definition) is 2. The molecule has 2 rings (SSSR count). The van der Waals surface area contributed by atoms with Crippen molar-refractivity contribution in [1.82, 2.24) is 10.0 Å². The van der Waals surface area contributed by atoms with Gasteiger partial charge in [-0.3, -0.25) is 5.32 Å². The number of benzene rings is 2. The van der Waals surface area contributed by atoms with Gasteiger partial charge in [0.2, 0.25) is 0 Å². The number of halogens is 1. The molecule has 0 atom stereocenters. The van der Waals surface area contributed by atoms with E-state index in [1.807, 2.05) is 4.72 Å². The van der Waals surface area contributed by atoms with E-state index in [-0.39, 0.29) is 9.88 Å². The molecule has 8 heteroatoms. The van der Waals surface area contributed by atoms with Crippen LogP contribution in [-0.2, 0) is 10.0 Å². The smallest absolute Gasteiger partial charge is 0.297 e. The third-order valence-corrected chi connectivity index (χ3v) is 4.55. The van der Waals surface area contributed by atoms with Gasteiger partial charge in [0, 0.05) is 10.6 Å². The van der Waals surface area contributed by atoms with Gasteiger partial charge in [-0.15, -0.1) is 0 Å². The van der Waals surface area contributed by atoms with Gasteiger partial charge >= 0.3 is 6.03 Å². The quantitative estimate of drug-likeness (QED) is 0.831. The molecule has 22 heavy (non-hydrogen) atoms. The summed E-state index contributed by atoms with van der Waals surface area (Å²) in [6, 6.07) is 13.2. The third kappa shape index (κ3) is 4.27. The van der Waals surface area contributed by atoms with Gasteiger partial charge in [-0.1, -0.05) is 54.2 Å². The zero-order valence-corrected chi connectivity index (χ0v) is 13.5.